The van der Waals surface area contributed by atoms with E-state index in [1.54, 1.807) is 7.11 Å². The Hall–Kier alpha value is -0.120. The highest BCUT2D eigenvalue weighted by Gasteiger charge is 2.42. The molecule has 0 radical (unpaired) electrons. The predicted molar refractivity (Wildman–Crippen MR) is 66.6 cm³/mol. The van der Waals surface area contributed by atoms with Crippen molar-refractivity contribution in [3.05, 3.63) is 0 Å². The van der Waals surface area contributed by atoms with Gasteiger partial charge in [0.1, 0.15) is 0 Å². The lowest BCUT2D eigenvalue weighted by Crippen LogP contribution is -2.64. The first-order valence-electron chi connectivity index (χ1n) is 6.53. The van der Waals surface area contributed by atoms with Gasteiger partial charge in [-0.1, -0.05) is 0 Å². The molecule has 2 fully saturated rings. The average Bonchev–Trinajstić information content (AvgIpc) is 3.00. The number of ether oxygens (including phenoxy) is 1. The van der Waals surface area contributed by atoms with E-state index in [4.69, 9.17) is 4.74 Å². The van der Waals surface area contributed by atoms with Crippen LogP contribution in [0.2, 0.25) is 0 Å². The van der Waals surface area contributed by atoms with Gasteiger partial charge in [-0.05, 0) is 39.5 Å². The third kappa shape index (κ3) is 2.76. The second-order valence-corrected chi connectivity index (χ2v) is 6.15. The highest BCUT2D eigenvalue weighted by molar-refractivity contribution is 4.99. The van der Waals surface area contributed by atoms with Crippen molar-refractivity contribution in [2.75, 3.05) is 26.8 Å². The maximum absolute atomic E-state index is 5.31. The maximum atomic E-state index is 5.31. The first-order valence-corrected chi connectivity index (χ1v) is 6.53. The number of nitrogens with zero attached hydrogens (tertiary/aromatic N) is 1. The van der Waals surface area contributed by atoms with Gasteiger partial charge < -0.3 is 10.1 Å². The number of hydrogen-bond acceptors (Lipinski definition) is 3. The van der Waals surface area contributed by atoms with Gasteiger partial charge in [0.2, 0.25) is 0 Å². The zero-order valence-corrected chi connectivity index (χ0v) is 11.1. The summed E-state index contributed by atoms with van der Waals surface area (Å²) in [6, 6.07) is 1.27. The van der Waals surface area contributed by atoms with E-state index in [9.17, 15) is 0 Å². The largest absolute Gasteiger partial charge is 0.383 e. The first kappa shape index (κ1) is 12.3. The Morgan fingerprint density at radius 2 is 2.12 bits per heavy atom. The molecule has 0 bridgehead atoms. The third-order valence-corrected chi connectivity index (χ3v) is 3.93. The zero-order valence-electron chi connectivity index (χ0n) is 11.1. The summed E-state index contributed by atoms with van der Waals surface area (Å²) in [5.41, 5.74) is 0.243. The summed E-state index contributed by atoms with van der Waals surface area (Å²) in [4.78, 5) is 2.66. The van der Waals surface area contributed by atoms with Crippen molar-refractivity contribution in [2.24, 2.45) is 5.92 Å². The molecule has 94 valence electrons. The van der Waals surface area contributed by atoms with Gasteiger partial charge in [0, 0.05) is 37.8 Å². The molecule has 0 aromatic rings. The van der Waals surface area contributed by atoms with Crippen LogP contribution in [0.1, 0.15) is 33.6 Å². The molecule has 0 amide bonds. The van der Waals surface area contributed by atoms with Crippen LogP contribution < -0.4 is 5.32 Å². The molecule has 16 heavy (non-hydrogen) atoms. The molecule has 0 aromatic heterocycles. The molecule has 2 atom stereocenters. The van der Waals surface area contributed by atoms with Crippen molar-refractivity contribution in [1.82, 2.24) is 10.2 Å². The summed E-state index contributed by atoms with van der Waals surface area (Å²) >= 11 is 0. The normalized spacial score (nSPS) is 32.6. The molecule has 0 aromatic carbocycles. The molecule has 2 rings (SSSR count). The van der Waals surface area contributed by atoms with E-state index in [0.717, 1.165) is 31.7 Å². The number of nitrogens with one attached hydrogen (secondary N) is 1. The second-order valence-electron chi connectivity index (χ2n) is 6.15. The number of hydrogen-bond donors (Lipinski definition) is 1. The molecule has 3 nitrogen and oxygen atoms in total. The van der Waals surface area contributed by atoms with Crippen molar-refractivity contribution in [1.29, 1.82) is 0 Å². The topological polar surface area (TPSA) is 24.5 Å². The van der Waals surface area contributed by atoms with Gasteiger partial charge >= 0.3 is 0 Å². The highest BCUT2D eigenvalue weighted by atomic mass is 16.5. The van der Waals surface area contributed by atoms with Gasteiger partial charge in [-0.25, -0.2) is 0 Å². The zero-order chi connectivity index (χ0) is 11.8. The minimum absolute atomic E-state index is 0.243. The minimum Gasteiger partial charge on any atom is -0.383 e. The Morgan fingerprint density at radius 3 is 2.69 bits per heavy atom. The van der Waals surface area contributed by atoms with E-state index in [1.165, 1.54) is 12.8 Å². The van der Waals surface area contributed by atoms with Crippen molar-refractivity contribution in [3.63, 3.8) is 0 Å². The molecule has 2 unspecified atom stereocenters. The van der Waals surface area contributed by atoms with Crippen LogP contribution in [-0.4, -0.2) is 49.3 Å². The molecule has 1 aliphatic heterocycles. The van der Waals surface area contributed by atoms with Crippen LogP contribution in [0.25, 0.3) is 0 Å². The highest BCUT2D eigenvalue weighted by Crippen LogP contribution is 2.37. The molecular formula is C13H26N2O. The third-order valence-electron chi connectivity index (χ3n) is 3.93. The van der Waals surface area contributed by atoms with Gasteiger partial charge in [-0.3, -0.25) is 4.90 Å². The number of rotatable bonds is 4. The lowest BCUT2D eigenvalue weighted by molar-refractivity contribution is 0.0157. The van der Waals surface area contributed by atoms with E-state index in [2.05, 4.69) is 31.0 Å². The minimum atomic E-state index is 0.243. The van der Waals surface area contributed by atoms with Gasteiger partial charge in [0.05, 0.1) is 6.61 Å². The number of piperazine rings is 1. The lowest BCUT2D eigenvalue weighted by Gasteiger charge is -2.47. The Bertz CT molecular complexity index is 238. The second kappa shape index (κ2) is 4.63. The van der Waals surface area contributed by atoms with Gasteiger partial charge in [-0.15, -0.1) is 0 Å². The van der Waals surface area contributed by atoms with Crippen molar-refractivity contribution in [3.8, 4) is 0 Å². The molecule has 1 aliphatic carbocycles. The van der Waals surface area contributed by atoms with Gasteiger partial charge in [0.15, 0.2) is 0 Å². The fourth-order valence-corrected chi connectivity index (χ4v) is 2.87. The molecule has 1 N–H and O–H groups in total. The Labute approximate surface area is 99.5 Å². The predicted octanol–water partition coefficient (Wildman–Crippen LogP) is 1.48. The maximum Gasteiger partial charge on any atom is 0.0615 e. The summed E-state index contributed by atoms with van der Waals surface area (Å²) in [7, 11) is 1.80. The summed E-state index contributed by atoms with van der Waals surface area (Å²) in [6.45, 7) is 10.0. The summed E-state index contributed by atoms with van der Waals surface area (Å²) in [6.07, 6.45) is 2.84. The van der Waals surface area contributed by atoms with Crippen LogP contribution in [0.4, 0.5) is 0 Å². The monoisotopic (exact) mass is 226 g/mol. The summed E-state index contributed by atoms with van der Waals surface area (Å²) in [5, 5.41) is 3.67. The van der Waals surface area contributed by atoms with Gasteiger partial charge in [0.25, 0.3) is 0 Å². The van der Waals surface area contributed by atoms with Crippen LogP contribution in [0.3, 0.4) is 0 Å². The molecule has 3 heteroatoms. The molecular weight excluding hydrogens is 200 g/mol. The molecule has 1 saturated carbocycles. The van der Waals surface area contributed by atoms with Crippen LogP contribution in [0.15, 0.2) is 0 Å². The van der Waals surface area contributed by atoms with E-state index in [-0.39, 0.29) is 5.54 Å². The van der Waals surface area contributed by atoms with E-state index in [1.807, 2.05) is 0 Å². The first-order chi connectivity index (χ1) is 7.53. The fourth-order valence-electron chi connectivity index (χ4n) is 2.87. The number of methoxy groups -OCH3 is 1. The van der Waals surface area contributed by atoms with Crippen LogP contribution in [0, 0.1) is 5.92 Å². The summed E-state index contributed by atoms with van der Waals surface area (Å²) in [5.74, 6) is 0.933. The standard InChI is InChI=1S/C13H26N2O/c1-10(8-16-4)15-9-13(2,3)14-7-12(15)11-5-6-11/h10-12,14H,5-9H2,1-4H3. The Balaban J connectivity index is 2.01. The van der Waals surface area contributed by atoms with Crippen LogP contribution >= 0.6 is 0 Å². The summed E-state index contributed by atoms with van der Waals surface area (Å²) < 4.78 is 5.31. The Morgan fingerprint density at radius 1 is 1.44 bits per heavy atom. The van der Waals surface area contributed by atoms with E-state index >= 15 is 0 Å². The molecule has 1 saturated heterocycles. The smallest absolute Gasteiger partial charge is 0.0615 e. The van der Waals surface area contributed by atoms with Crippen molar-refractivity contribution >= 4 is 0 Å². The Kier molecular flexibility index (Phi) is 3.57. The molecule has 2 aliphatic rings. The fraction of sp³-hybridized carbons (Fsp3) is 1.00. The molecule has 1 heterocycles. The lowest BCUT2D eigenvalue weighted by atomic mass is 9.95. The van der Waals surface area contributed by atoms with Crippen molar-refractivity contribution in [2.45, 2.75) is 51.2 Å². The quantitative estimate of drug-likeness (QED) is 0.786. The van der Waals surface area contributed by atoms with Crippen LogP contribution in [0.5, 0.6) is 0 Å². The molecule has 0 spiro atoms. The van der Waals surface area contributed by atoms with E-state index < -0.39 is 0 Å². The van der Waals surface area contributed by atoms with Crippen molar-refractivity contribution < 1.29 is 4.74 Å². The average molecular weight is 226 g/mol. The van der Waals surface area contributed by atoms with Gasteiger partial charge in [-0.2, -0.15) is 0 Å². The SMILES string of the molecule is COCC(C)N1CC(C)(C)NCC1C1CC1. The van der Waals surface area contributed by atoms with E-state index in [0.29, 0.717) is 6.04 Å². The van der Waals surface area contributed by atoms with Crippen LogP contribution in [-0.2, 0) is 4.74 Å².